The largest absolute Gasteiger partial charge is 0.314 e. The van der Waals surface area contributed by atoms with Gasteiger partial charge in [0.2, 0.25) is 0 Å². The summed E-state index contributed by atoms with van der Waals surface area (Å²) >= 11 is 0. The van der Waals surface area contributed by atoms with Gasteiger partial charge >= 0.3 is 0 Å². The molecule has 1 aliphatic carbocycles. The summed E-state index contributed by atoms with van der Waals surface area (Å²) in [5.74, 6) is 0.622. The van der Waals surface area contributed by atoms with Gasteiger partial charge in [-0.15, -0.1) is 0 Å². The van der Waals surface area contributed by atoms with Crippen molar-refractivity contribution in [3.63, 3.8) is 0 Å². The molecule has 5 nitrogen and oxygen atoms in total. The predicted octanol–water partition coefficient (Wildman–Crippen LogP) is 0.401. The fourth-order valence-corrected chi connectivity index (χ4v) is 5.64. The topological polar surface area (TPSA) is 52.7 Å². The second-order valence-corrected chi connectivity index (χ2v) is 7.55. The number of hydrogen-bond donors (Lipinski definition) is 1. The first kappa shape index (κ1) is 12.8. The van der Waals surface area contributed by atoms with E-state index in [2.05, 4.69) is 5.32 Å². The van der Waals surface area contributed by atoms with E-state index in [1.54, 1.807) is 4.31 Å². The Morgan fingerprint density at radius 2 is 1.67 bits per heavy atom. The lowest BCUT2D eigenvalue weighted by Crippen LogP contribution is -2.56. The second-order valence-electron chi connectivity index (χ2n) is 5.67. The average Bonchev–Trinajstić information content (AvgIpc) is 2.87. The molecule has 2 atom stereocenters. The third-order valence-corrected chi connectivity index (χ3v) is 6.70. The van der Waals surface area contributed by atoms with E-state index in [9.17, 15) is 8.42 Å². The summed E-state index contributed by atoms with van der Waals surface area (Å²) in [6.07, 6.45) is 5.74. The number of nitrogens with zero attached hydrogens (tertiary/aromatic N) is 2. The average molecular weight is 273 g/mol. The summed E-state index contributed by atoms with van der Waals surface area (Å²) in [6.45, 7) is 3.53. The van der Waals surface area contributed by atoms with Crippen LogP contribution in [0, 0.1) is 5.92 Å². The quantitative estimate of drug-likeness (QED) is 0.792. The lowest BCUT2D eigenvalue weighted by atomic mass is 9.94. The maximum absolute atomic E-state index is 12.7. The molecule has 2 aliphatic heterocycles. The highest BCUT2D eigenvalue weighted by Crippen LogP contribution is 2.38. The molecule has 0 radical (unpaired) electrons. The van der Waals surface area contributed by atoms with E-state index >= 15 is 0 Å². The molecule has 3 rings (SSSR count). The number of fused-ring (bicyclic) bond motifs is 1. The number of hydrogen-bond acceptors (Lipinski definition) is 3. The van der Waals surface area contributed by atoms with Crippen LogP contribution >= 0.6 is 0 Å². The minimum atomic E-state index is -3.21. The smallest absolute Gasteiger partial charge is 0.282 e. The lowest BCUT2D eigenvalue weighted by molar-refractivity contribution is 0.185. The number of nitrogens with one attached hydrogen (secondary N) is 1. The Kier molecular flexibility index (Phi) is 3.62. The summed E-state index contributed by atoms with van der Waals surface area (Å²) in [5.41, 5.74) is 0. The standard InChI is InChI=1S/C12H23N3O2S/c16-18(17,14-9-6-13-7-10-14)15-8-2-4-11-3-1-5-12(11)15/h11-13H,1-10H2. The van der Waals surface area contributed by atoms with Crippen LogP contribution in [-0.4, -0.2) is 55.8 Å². The molecular weight excluding hydrogens is 250 g/mol. The molecule has 2 unspecified atom stereocenters. The highest BCUT2D eigenvalue weighted by Gasteiger charge is 2.42. The van der Waals surface area contributed by atoms with E-state index in [0.29, 0.717) is 25.0 Å². The molecule has 3 fully saturated rings. The van der Waals surface area contributed by atoms with Crippen LogP contribution in [0.4, 0.5) is 0 Å². The Balaban J connectivity index is 1.79. The van der Waals surface area contributed by atoms with Crippen molar-refractivity contribution in [3.8, 4) is 0 Å². The van der Waals surface area contributed by atoms with Crippen molar-refractivity contribution >= 4 is 10.2 Å². The molecule has 2 heterocycles. The van der Waals surface area contributed by atoms with E-state index in [-0.39, 0.29) is 0 Å². The first-order valence-corrected chi connectivity index (χ1v) is 8.57. The molecule has 3 aliphatic rings. The van der Waals surface area contributed by atoms with Crippen molar-refractivity contribution in [1.29, 1.82) is 0 Å². The Morgan fingerprint density at radius 3 is 2.44 bits per heavy atom. The van der Waals surface area contributed by atoms with Gasteiger partial charge < -0.3 is 5.32 Å². The van der Waals surface area contributed by atoms with Crippen molar-refractivity contribution < 1.29 is 8.42 Å². The van der Waals surface area contributed by atoms with Crippen molar-refractivity contribution in [2.24, 2.45) is 5.92 Å². The van der Waals surface area contributed by atoms with Gasteiger partial charge in [-0.05, 0) is 31.6 Å². The SMILES string of the molecule is O=S(=O)(N1CCNCC1)N1CCCC2CCCC21. The van der Waals surface area contributed by atoms with Crippen LogP contribution in [0.5, 0.6) is 0 Å². The third kappa shape index (κ3) is 2.19. The molecular formula is C12H23N3O2S. The molecule has 6 heteroatoms. The van der Waals surface area contributed by atoms with E-state index in [0.717, 1.165) is 32.5 Å². The maximum atomic E-state index is 12.7. The summed E-state index contributed by atoms with van der Waals surface area (Å²) in [5, 5.41) is 3.21. The van der Waals surface area contributed by atoms with Gasteiger partial charge in [0.15, 0.2) is 0 Å². The van der Waals surface area contributed by atoms with Gasteiger partial charge in [-0.25, -0.2) is 0 Å². The molecule has 2 saturated heterocycles. The predicted molar refractivity (Wildman–Crippen MR) is 70.4 cm³/mol. The second kappa shape index (κ2) is 5.07. The molecule has 0 amide bonds. The zero-order chi connectivity index (χ0) is 12.6. The van der Waals surface area contributed by atoms with Crippen molar-refractivity contribution in [1.82, 2.24) is 13.9 Å². The zero-order valence-electron chi connectivity index (χ0n) is 10.8. The highest BCUT2D eigenvalue weighted by atomic mass is 32.2. The van der Waals surface area contributed by atoms with Gasteiger partial charge in [0.05, 0.1) is 0 Å². The third-order valence-electron chi connectivity index (χ3n) is 4.64. The lowest BCUT2D eigenvalue weighted by Gasteiger charge is -2.40. The van der Waals surface area contributed by atoms with Gasteiger partial charge in [0, 0.05) is 38.8 Å². The normalized spacial score (nSPS) is 35.6. The minimum Gasteiger partial charge on any atom is -0.314 e. The van der Waals surface area contributed by atoms with Crippen LogP contribution in [0.1, 0.15) is 32.1 Å². The zero-order valence-corrected chi connectivity index (χ0v) is 11.7. The first-order valence-electron chi connectivity index (χ1n) is 7.17. The van der Waals surface area contributed by atoms with Crippen molar-refractivity contribution in [2.75, 3.05) is 32.7 Å². The molecule has 0 spiro atoms. The van der Waals surface area contributed by atoms with Gasteiger partial charge in [-0.2, -0.15) is 17.0 Å². The van der Waals surface area contributed by atoms with Crippen LogP contribution in [-0.2, 0) is 10.2 Å². The number of piperazine rings is 1. The molecule has 0 aromatic rings. The van der Waals surface area contributed by atoms with Gasteiger partial charge in [-0.1, -0.05) is 6.42 Å². The van der Waals surface area contributed by atoms with E-state index in [4.69, 9.17) is 0 Å². The van der Waals surface area contributed by atoms with Crippen LogP contribution in [0.25, 0.3) is 0 Å². The Hall–Kier alpha value is -0.170. The molecule has 0 aromatic heterocycles. The number of piperidine rings is 1. The van der Waals surface area contributed by atoms with Crippen molar-refractivity contribution in [2.45, 2.75) is 38.1 Å². The minimum absolute atomic E-state index is 0.290. The van der Waals surface area contributed by atoms with Gasteiger partial charge in [0.25, 0.3) is 10.2 Å². The Bertz CT molecular complexity index is 392. The van der Waals surface area contributed by atoms with Crippen LogP contribution in [0.15, 0.2) is 0 Å². The molecule has 104 valence electrons. The fourth-order valence-electron chi connectivity index (χ4n) is 3.72. The first-order chi connectivity index (χ1) is 8.69. The molecule has 0 aromatic carbocycles. The summed E-state index contributed by atoms with van der Waals surface area (Å²) in [6, 6.07) is 0.290. The van der Waals surface area contributed by atoms with Crippen LogP contribution in [0.3, 0.4) is 0 Å². The van der Waals surface area contributed by atoms with E-state index in [1.807, 2.05) is 4.31 Å². The summed E-state index contributed by atoms with van der Waals surface area (Å²) < 4.78 is 28.9. The Morgan fingerprint density at radius 1 is 0.944 bits per heavy atom. The molecule has 18 heavy (non-hydrogen) atoms. The van der Waals surface area contributed by atoms with E-state index < -0.39 is 10.2 Å². The molecule has 1 saturated carbocycles. The monoisotopic (exact) mass is 273 g/mol. The highest BCUT2D eigenvalue weighted by molar-refractivity contribution is 7.86. The Labute approximate surface area is 110 Å². The molecule has 0 bridgehead atoms. The van der Waals surface area contributed by atoms with Crippen molar-refractivity contribution in [3.05, 3.63) is 0 Å². The van der Waals surface area contributed by atoms with Crippen LogP contribution < -0.4 is 5.32 Å². The maximum Gasteiger partial charge on any atom is 0.282 e. The van der Waals surface area contributed by atoms with Gasteiger partial charge in [0.1, 0.15) is 0 Å². The number of rotatable bonds is 2. The van der Waals surface area contributed by atoms with Gasteiger partial charge in [-0.3, -0.25) is 0 Å². The van der Waals surface area contributed by atoms with Crippen LogP contribution in [0.2, 0.25) is 0 Å². The summed E-state index contributed by atoms with van der Waals surface area (Å²) in [7, 11) is -3.21. The fraction of sp³-hybridized carbons (Fsp3) is 1.00. The molecule has 1 N–H and O–H groups in total. The van der Waals surface area contributed by atoms with E-state index in [1.165, 1.54) is 19.3 Å². The summed E-state index contributed by atoms with van der Waals surface area (Å²) in [4.78, 5) is 0.